The zero-order chi connectivity index (χ0) is 17.8. The van der Waals surface area contributed by atoms with Gasteiger partial charge >= 0.3 is 0 Å². The Balaban J connectivity index is 0.00000182. The second kappa shape index (κ2) is 11.2. The van der Waals surface area contributed by atoms with Crippen molar-refractivity contribution in [2.24, 2.45) is 5.92 Å². The van der Waals surface area contributed by atoms with Crippen LogP contribution in [0.2, 0.25) is 0 Å². The van der Waals surface area contributed by atoms with Gasteiger partial charge in [-0.05, 0) is 31.5 Å². The molecule has 1 amide bonds. The third-order valence-electron chi connectivity index (χ3n) is 4.95. The fourth-order valence-electron chi connectivity index (χ4n) is 3.69. The molecule has 4 unspecified atom stereocenters. The number of carbonyl (C=O) groups excluding carboxylic acids is 1. The Kier molecular flexibility index (Phi) is 10.0. The minimum atomic E-state index is -0.374. The molecule has 1 aromatic carbocycles. The van der Waals surface area contributed by atoms with E-state index in [-0.39, 0.29) is 55.0 Å². The van der Waals surface area contributed by atoms with Gasteiger partial charge in [-0.2, -0.15) is 0 Å². The first kappa shape index (κ1) is 24.1. The summed E-state index contributed by atoms with van der Waals surface area (Å²) in [5.74, 6) is 0.00721. The first-order valence-corrected chi connectivity index (χ1v) is 9.15. The van der Waals surface area contributed by atoms with Crippen LogP contribution in [0.5, 0.6) is 0 Å². The number of aliphatic hydroxyl groups is 1. The highest BCUT2D eigenvalue weighted by Gasteiger charge is 2.25. The van der Waals surface area contributed by atoms with Gasteiger partial charge in [0, 0.05) is 50.7 Å². The Hall–Kier alpha value is -0.890. The van der Waals surface area contributed by atoms with E-state index in [0.29, 0.717) is 18.7 Å². The molecule has 2 aliphatic heterocycles. The van der Waals surface area contributed by atoms with Crippen LogP contribution in [0.1, 0.15) is 29.8 Å². The summed E-state index contributed by atoms with van der Waals surface area (Å²) in [5.41, 5.74) is 1.86. The molecule has 0 saturated carbocycles. The molecule has 2 fully saturated rings. The Morgan fingerprint density at radius 1 is 1.19 bits per heavy atom. The second-order valence-corrected chi connectivity index (χ2v) is 7.34. The molecule has 2 heterocycles. The number of hydrogen-bond donors (Lipinski definition) is 3. The molecule has 8 heteroatoms. The molecule has 3 rings (SSSR count). The van der Waals surface area contributed by atoms with E-state index in [1.807, 2.05) is 24.3 Å². The van der Waals surface area contributed by atoms with E-state index >= 15 is 0 Å². The number of hydrogen-bond acceptors (Lipinski definition) is 5. The molecule has 0 radical (unpaired) electrons. The third kappa shape index (κ3) is 6.89. The number of benzene rings is 1. The average molecular weight is 420 g/mol. The summed E-state index contributed by atoms with van der Waals surface area (Å²) in [6, 6.07) is 7.79. The van der Waals surface area contributed by atoms with Gasteiger partial charge in [-0.1, -0.05) is 12.1 Å². The standard InChI is InChI=1S/C19H29N3O3.2ClH/c1-13-10-22(11-14(2)25-13)12-15-3-5-16(6-4-15)19(24)21-8-17-7-20-9-18(17)23;;/h3-6,13-14,17-18,20,23H,7-12H2,1-2H3,(H,21,24);2*1H. The molecule has 27 heavy (non-hydrogen) atoms. The van der Waals surface area contributed by atoms with Crippen LogP contribution >= 0.6 is 24.8 Å². The van der Waals surface area contributed by atoms with Crippen LogP contribution in [-0.2, 0) is 11.3 Å². The smallest absolute Gasteiger partial charge is 0.251 e. The van der Waals surface area contributed by atoms with Crippen LogP contribution in [0.3, 0.4) is 0 Å². The van der Waals surface area contributed by atoms with E-state index in [1.54, 1.807) is 0 Å². The van der Waals surface area contributed by atoms with Gasteiger partial charge in [-0.3, -0.25) is 9.69 Å². The van der Waals surface area contributed by atoms with Crippen molar-refractivity contribution < 1.29 is 14.6 Å². The van der Waals surface area contributed by atoms with E-state index in [1.165, 1.54) is 5.56 Å². The lowest BCUT2D eigenvalue weighted by Crippen LogP contribution is -2.44. The highest BCUT2D eigenvalue weighted by atomic mass is 35.5. The van der Waals surface area contributed by atoms with Crippen molar-refractivity contribution in [3.05, 3.63) is 35.4 Å². The summed E-state index contributed by atoms with van der Waals surface area (Å²) >= 11 is 0. The maximum Gasteiger partial charge on any atom is 0.251 e. The summed E-state index contributed by atoms with van der Waals surface area (Å²) in [6.45, 7) is 8.80. The zero-order valence-electron chi connectivity index (χ0n) is 15.9. The lowest BCUT2D eigenvalue weighted by atomic mass is 10.1. The van der Waals surface area contributed by atoms with Crippen LogP contribution in [0.15, 0.2) is 24.3 Å². The van der Waals surface area contributed by atoms with Crippen LogP contribution in [-0.4, -0.2) is 66.9 Å². The minimum absolute atomic E-state index is 0. The van der Waals surface area contributed by atoms with Crippen LogP contribution in [0.25, 0.3) is 0 Å². The number of ether oxygens (including phenoxy) is 1. The molecule has 0 aromatic heterocycles. The predicted octanol–water partition coefficient (Wildman–Crippen LogP) is 1.45. The molecular weight excluding hydrogens is 389 g/mol. The number of rotatable bonds is 5. The average Bonchev–Trinajstić information content (AvgIpc) is 2.97. The number of amides is 1. The molecule has 2 aliphatic rings. The number of halogens is 2. The highest BCUT2D eigenvalue weighted by Crippen LogP contribution is 2.15. The van der Waals surface area contributed by atoms with Crippen LogP contribution in [0.4, 0.5) is 0 Å². The largest absolute Gasteiger partial charge is 0.391 e. The van der Waals surface area contributed by atoms with Gasteiger partial charge in [-0.15, -0.1) is 24.8 Å². The fraction of sp³-hybridized carbons (Fsp3) is 0.632. The Bertz CT molecular complexity index is 578. The molecule has 6 nitrogen and oxygen atoms in total. The fourth-order valence-corrected chi connectivity index (χ4v) is 3.69. The van der Waals surface area contributed by atoms with Crippen molar-refractivity contribution in [1.29, 1.82) is 0 Å². The quantitative estimate of drug-likeness (QED) is 0.673. The van der Waals surface area contributed by atoms with Gasteiger partial charge in [-0.25, -0.2) is 0 Å². The monoisotopic (exact) mass is 419 g/mol. The SMILES string of the molecule is CC1CN(Cc2ccc(C(=O)NCC3CNCC3O)cc2)CC(C)O1.Cl.Cl. The molecule has 1 aromatic rings. The number of nitrogens with zero attached hydrogens (tertiary/aromatic N) is 1. The molecule has 2 saturated heterocycles. The predicted molar refractivity (Wildman–Crippen MR) is 111 cm³/mol. The van der Waals surface area contributed by atoms with E-state index < -0.39 is 0 Å². The molecule has 0 aliphatic carbocycles. The van der Waals surface area contributed by atoms with Crippen molar-refractivity contribution in [2.75, 3.05) is 32.7 Å². The molecule has 0 spiro atoms. The van der Waals surface area contributed by atoms with Crippen molar-refractivity contribution >= 4 is 30.7 Å². The molecule has 4 atom stereocenters. The van der Waals surface area contributed by atoms with Crippen LogP contribution < -0.4 is 10.6 Å². The summed E-state index contributed by atoms with van der Waals surface area (Å²) in [5, 5.41) is 15.8. The van der Waals surface area contributed by atoms with Gasteiger partial charge in [0.15, 0.2) is 0 Å². The number of morpholine rings is 1. The van der Waals surface area contributed by atoms with Gasteiger partial charge in [0.2, 0.25) is 0 Å². The van der Waals surface area contributed by atoms with Gasteiger partial charge in [0.25, 0.3) is 5.91 Å². The number of carbonyl (C=O) groups is 1. The number of β-amino-alcohol motifs (C(OH)–C–C–N with tert-alkyl or cyclic N) is 1. The van der Waals surface area contributed by atoms with Crippen molar-refractivity contribution in [2.45, 2.75) is 38.7 Å². The lowest BCUT2D eigenvalue weighted by Gasteiger charge is -2.35. The minimum Gasteiger partial charge on any atom is -0.391 e. The Morgan fingerprint density at radius 2 is 1.81 bits per heavy atom. The molecule has 3 N–H and O–H groups in total. The van der Waals surface area contributed by atoms with Crippen molar-refractivity contribution in [1.82, 2.24) is 15.5 Å². The third-order valence-corrected chi connectivity index (χ3v) is 4.95. The van der Waals surface area contributed by atoms with E-state index in [2.05, 4.69) is 29.4 Å². The summed E-state index contributed by atoms with van der Waals surface area (Å²) < 4.78 is 5.76. The van der Waals surface area contributed by atoms with E-state index in [0.717, 1.165) is 26.2 Å². The van der Waals surface area contributed by atoms with E-state index in [4.69, 9.17) is 4.74 Å². The Morgan fingerprint density at radius 3 is 2.37 bits per heavy atom. The van der Waals surface area contributed by atoms with Crippen LogP contribution in [0, 0.1) is 5.92 Å². The van der Waals surface area contributed by atoms with E-state index in [9.17, 15) is 9.90 Å². The lowest BCUT2D eigenvalue weighted by molar-refractivity contribution is -0.0704. The van der Waals surface area contributed by atoms with Gasteiger partial charge < -0.3 is 20.5 Å². The van der Waals surface area contributed by atoms with Crippen molar-refractivity contribution in [3.8, 4) is 0 Å². The van der Waals surface area contributed by atoms with Crippen molar-refractivity contribution in [3.63, 3.8) is 0 Å². The molecular formula is C19H31Cl2N3O3. The summed E-state index contributed by atoms with van der Waals surface area (Å²) in [4.78, 5) is 14.6. The molecule has 154 valence electrons. The van der Waals surface area contributed by atoms with Gasteiger partial charge in [0.1, 0.15) is 0 Å². The second-order valence-electron chi connectivity index (χ2n) is 7.34. The number of nitrogens with one attached hydrogen (secondary N) is 2. The maximum atomic E-state index is 12.3. The number of aliphatic hydroxyl groups excluding tert-OH is 1. The summed E-state index contributed by atoms with van der Waals surface area (Å²) in [7, 11) is 0. The Labute approximate surface area is 173 Å². The first-order chi connectivity index (χ1) is 12.0. The zero-order valence-corrected chi connectivity index (χ0v) is 17.5. The van der Waals surface area contributed by atoms with Gasteiger partial charge in [0.05, 0.1) is 18.3 Å². The summed E-state index contributed by atoms with van der Waals surface area (Å²) in [6.07, 6.45) is 0.143. The highest BCUT2D eigenvalue weighted by molar-refractivity contribution is 5.94. The molecule has 0 bridgehead atoms. The first-order valence-electron chi connectivity index (χ1n) is 9.15. The topological polar surface area (TPSA) is 73.8 Å². The normalized spacial score (nSPS) is 28.1. The maximum absolute atomic E-state index is 12.3.